The number of nitrogens with zero attached hydrogens (tertiary/aromatic N) is 2. The molecule has 0 saturated carbocycles. The Balaban J connectivity index is 1.83. The third kappa shape index (κ3) is 4.74. The van der Waals surface area contributed by atoms with Crippen molar-refractivity contribution >= 4 is 33.2 Å². The summed E-state index contributed by atoms with van der Waals surface area (Å²) in [5.41, 5.74) is 0.783. The Morgan fingerprint density at radius 2 is 1.97 bits per heavy atom. The Hall–Kier alpha value is -2.09. The molecule has 1 atom stereocenters. The van der Waals surface area contributed by atoms with E-state index in [0.717, 1.165) is 5.69 Å². The fraction of sp³-hybridized carbons (Fsp3) is 0.381. The van der Waals surface area contributed by atoms with Gasteiger partial charge in [-0.25, -0.2) is 8.42 Å². The Bertz CT molecular complexity index is 966. The van der Waals surface area contributed by atoms with Crippen LogP contribution in [0.3, 0.4) is 0 Å². The molecule has 0 aromatic heterocycles. The van der Waals surface area contributed by atoms with E-state index in [4.69, 9.17) is 16.3 Å². The monoisotopic (exact) mass is 436 g/mol. The molecule has 8 heteroatoms. The van der Waals surface area contributed by atoms with E-state index in [0.29, 0.717) is 31.0 Å². The molecule has 1 fully saturated rings. The first-order valence-corrected chi connectivity index (χ1v) is 11.4. The summed E-state index contributed by atoms with van der Waals surface area (Å²) in [6, 6.07) is 13.9. The molecule has 2 aromatic carbocycles. The lowest BCUT2D eigenvalue weighted by Gasteiger charge is -2.33. The summed E-state index contributed by atoms with van der Waals surface area (Å²) in [6.45, 7) is 2.63. The van der Waals surface area contributed by atoms with Crippen LogP contribution >= 0.6 is 11.6 Å². The third-order valence-electron chi connectivity index (χ3n) is 5.03. The average Bonchev–Trinajstić information content (AvgIpc) is 2.74. The maximum absolute atomic E-state index is 13.3. The second kappa shape index (κ2) is 9.15. The molecule has 1 aliphatic heterocycles. The number of carbonyl (C=O) groups is 1. The summed E-state index contributed by atoms with van der Waals surface area (Å²) >= 11 is 6.05. The minimum atomic E-state index is -3.84. The number of amides is 1. The predicted molar refractivity (Wildman–Crippen MR) is 114 cm³/mol. The third-order valence-corrected chi connectivity index (χ3v) is 7.15. The van der Waals surface area contributed by atoms with Gasteiger partial charge in [0, 0.05) is 30.8 Å². The molecule has 0 aliphatic carbocycles. The number of hydrogen-bond donors (Lipinski definition) is 0. The van der Waals surface area contributed by atoms with Gasteiger partial charge in [-0.15, -0.1) is 0 Å². The topological polar surface area (TPSA) is 66.9 Å². The van der Waals surface area contributed by atoms with Crippen LogP contribution in [0.1, 0.15) is 19.8 Å². The van der Waals surface area contributed by atoms with Crippen molar-refractivity contribution in [2.75, 3.05) is 31.6 Å². The molecule has 1 aliphatic rings. The number of halogens is 1. The SMILES string of the molecule is CCOc1ccc(Cl)cc1S(=O)(=O)N1CCCC(C(=O)N(C)c2ccccc2)C1. The molecule has 3 rings (SSSR count). The zero-order chi connectivity index (χ0) is 21.0. The predicted octanol–water partition coefficient (Wildman–Crippen LogP) is 3.80. The number of ether oxygens (including phenoxy) is 1. The quantitative estimate of drug-likeness (QED) is 0.690. The highest BCUT2D eigenvalue weighted by Gasteiger charge is 2.36. The highest BCUT2D eigenvalue weighted by molar-refractivity contribution is 7.89. The van der Waals surface area contributed by atoms with Crippen LogP contribution in [-0.4, -0.2) is 45.4 Å². The molecule has 1 amide bonds. The van der Waals surface area contributed by atoms with Crippen molar-refractivity contribution in [1.29, 1.82) is 0 Å². The number of anilines is 1. The molecule has 0 spiro atoms. The lowest BCUT2D eigenvalue weighted by Crippen LogP contribution is -2.46. The fourth-order valence-electron chi connectivity index (χ4n) is 3.51. The number of rotatable bonds is 6. The van der Waals surface area contributed by atoms with Crippen molar-refractivity contribution in [2.24, 2.45) is 5.92 Å². The van der Waals surface area contributed by atoms with Gasteiger partial charge in [-0.3, -0.25) is 4.79 Å². The first-order chi connectivity index (χ1) is 13.8. The van der Waals surface area contributed by atoms with E-state index in [1.807, 2.05) is 30.3 Å². The highest BCUT2D eigenvalue weighted by Crippen LogP contribution is 2.32. The summed E-state index contributed by atoms with van der Waals surface area (Å²) in [6.07, 6.45) is 1.26. The van der Waals surface area contributed by atoms with E-state index in [1.54, 1.807) is 31.0 Å². The standard InChI is InChI=1S/C21H25ClN2O4S/c1-3-28-19-12-11-17(22)14-20(19)29(26,27)24-13-7-8-16(15-24)21(25)23(2)18-9-5-4-6-10-18/h4-6,9-12,14,16H,3,7-8,13,15H2,1-2H3. The van der Waals surface area contributed by atoms with E-state index in [9.17, 15) is 13.2 Å². The number of benzene rings is 2. The Kier molecular flexibility index (Phi) is 6.82. The summed E-state index contributed by atoms with van der Waals surface area (Å²) in [5.74, 6) is -0.225. The van der Waals surface area contributed by atoms with Crippen LogP contribution in [-0.2, 0) is 14.8 Å². The molecule has 2 aromatic rings. The Morgan fingerprint density at radius 1 is 1.24 bits per heavy atom. The fourth-order valence-corrected chi connectivity index (χ4v) is 5.43. The van der Waals surface area contributed by atoms with E-state index >= 15 is 0 Å². The van der Waals surface area contributed by atoms with Crippen molar-refractivity contribution in [3.8, 4) is 5.75 Å². The summed E-state index contributed by atoms with van der Waals surface area (Å²) in [4.78, 5) is 14.6. The maximum Gasteiger partial charge on any atom is 0.246 e. The zero-order valence-corrected chi connectivity index (χ0v) is 18.1. The van der Waals surface area contributed by atoms with Gasteiger partial charge < -0.3 is 9.64 Å². The smallest absolute Gasteiger partial charge is 0.246 e. The van der Waals surface area contributed by atoms with Crippen LogP contribution in [0.5, 0.6) is 5.75 Å². The van der Waals surface area contributed by atoms with Crippen LogP contribution in [0.4, 0.5) is 5.69 Å². The minimum Gasteiger partial charge on any atom is -0.492 e. The van der Waals surface area contributed by atoms with Crippen LogP contribution in [0.15, 0.2) is 53.4 Å². The van der Waals surface area contributed by atoms with Crippen LogP contribution in [0.25, 0.3) is 0 Å². The van der Waals surface area contributed by atoms with Gasteiger partial charge in [-0.1, -0.05) is 29.8 Å². The zero-order valence-electron chi connectivity index (χ0n) is 16.5. The van der Waals surface area contributed by atoms with Crippen LogP contribution < -0.4 is 9.64 Å². The molecule has 0 radical (unpaired) electrons. The van der Waals surface area contributed by atoms with Crippen molar-refractivity contribution in [2.45, 2.75) is 24.7 Å². The second-order valence-corrected chi connectivity index (χ2v) is 9.30. The molecule has 29 heavy (non-hydrogen) atoms. The molecule has 0 N–H and O–H groups in total. The average molecular weight is 437 g/mol. The van der Waals surface area contributed by atoms with Gasteiger partial charge in [0.15, 0.2) is 0 Å². The minimum absolute atomic E-state index is 0.0383. The number of para-hydroxylation sites is 1. The normalized spacial score (nSPS) is 17.7. The van der Waals surface area contributed by atoms with Crippen LogP contribution in [0.2, 0.25) is 5.02 Å². The molecular formula is C21H25ClN2O4S. The summed E-state index contributed by atoms with van der Waals surface area (Å²) in [7, 11) is -2.12. The molecule has 156 valence electrons. The van der Waals surface area contributed by atoms with Crippen molar-refractivity contribution < 1.29 is 17.9 Å². The van der Waals surface area contributed by atoms with E-state index in [-0.39, 0.29) is 23.1 Å². The number of piperidine rings is 1. The summed E-state index contributed by atoms with van der Waals surface area (Å²) < 4.78 is 33.5. The van der Waals surface area contributed by atoms with Gasteiger partial charge in [0.1, 0.15) is 10.6 Å². The van der Waals surface area contributed by atoms with Gasteiger partial charge in [0.2, 0.25) is 15.9 Å². The second-order valence-electron chi connectivity index (χ2n) is 6.96. The number of sulfonamides is 1. The van der Waals surface area contributed by atoms with Gasteiger partial charge in [0.05, 0.1) is 12.5 Å². The highest BCUT2D eigenvalue weighted by atomic mass is 35.5. The molecule has 1 heterocycles. The van der Waals surface area contributed by atoms with Crippen molar-refractivity contribution in [3.05, 3.63) is 53.6 Å². The molecule has 0 bridgehead atoms. The van der Waals surface area contributed by atoms with Gasteiger partial charge in [0.25, 0.3) is 0 Å². The first kappa shape index (κ1) is 21.6. The maximum atomic E-state index is 13.3. The first-order valence-electron chi connectivity index (χ1n) is 9.59. The Morgan fingerprint density at radius 3 is 2.66 bits per heavy atom. The number of hydrogen-bond acceptors (Lipinski definition) is 4. The largest absolute Gasteiger partial charge is 0.492 e. The molecule has 6 nitrogen and oxygen atoms in total. The van der Waals surface area contributed by atoms with Gasteiger partial charge in [-0.05, 0) is 50.1 Å². The van der Waals surface area contributed by atoms with E-state index in [2.05, 4.69) is 0 Å². The summed E-state index contributed by atoms with van der Waals surface area (Å²) in [5, 5.41) is 0.320. The van der Waals surface area contributed by atoms with E-state index < -0.39 is 15.9 Å². The van der Waals surface area contributed by atoms with Gasteiger partial charge >= 0.3 is 0 Å². The van der Waals surface area contributed by atoms with E-state index in [1.165, 1.54) is 10.4 Å². The Labute approximate surface area is 177 Å². The lowest BCUT2D eigenvalue weighted by atomic mass is 9.98. The van der Waals surface area contributed by atoms with Crippen molar-refractivity contribution in [1.82, 2.24) is 4.31 Å². The molecular weight excluding hydrogens is 412 g/mol. The lowest BCUT2D eigenvalue weighted by molar-refractivity contribution is -0.123. The molecule has 1 unspecified atom stereocenters. The van der Waals surface area contributed by atoms with Crippen molar-refractivity contribution in [3.63, 3.8) is 0 Å². The number of carbonyl (C=O) groups excluding carboxylic acids is 1. The molecule has 1 saturated heterocycles. The van der Waals surface area contributed by atoms with Crippen LogP contribution in [0, 0.1) is 5.92 Å². The van der Waals surface area contributed by atoms with Gasteiger partial charge in [-0.2, -0.15) is 4.31 Å².